The molecule has 5 heterocycles. The highest BCUT2D eigenvalue weighted by atomic mass is 19.1. The van der Waals surface area contributed by atoms with Crippen molar-refractivity contribution < 1.29 is 14.2 Å². The van der Waals surface area contributed by atoms with E-state index in [1.165, 1.54) is 18.3 Å². The number of aliphatic hydroxyl groups is 1. The molecule has 10 nitrogen and oxygen atoms in total. The maximum Gasteiger partial charge on any atom is 0.179 e. The number of nitrogens with zero attached hydrogens (tertiary/aromatic N) is 8. The second-order valence-corrected chi connectivity index (χ2v) is 8.65. The van der Waals surface area contributed by atoms with Crippen molar-refractivity contribution in [3.05, 3.63) is 65.8 Å². The van der Waals surface area contributed by atoms with Gasteiger partial charge in [-0.2, -0.15) is 20.7 Å². The molecule has 0 spiro atoms. The summed E-state index contributed by atoms with van der Waals surface area (Å²) in [6.45, 7) is 2.99. The van der Waals surface area contributed by atoms with Gasteiger partial charge in [0.1, 0.15) is 28.7 Å². The van der Waals surface area contributed by atoms with Crippen LogP contribution in [0.3, 0.4) is 0 Å². The van der Waals surface area contributed by atoms with Gasteiger partial charge < -0.3 is 14.7 Å². The summed E-state index contributed by atoms with van der Waals surface area (Å²) in [5, 5.41) is 37.7. The number of piperidine rings is 1. The van der Waals surface area contributed by atoms with Crippen LogP contribution in [0.5, 0.6) is 5.75 Å². The van der Waals surface area contributed by atoms with Gasteiger partial charge in [0.15, 0.2) is 12.3 Å². The van der Waals surface area contributed by atoms with Crippen molar-refractivity contribution in [3.63, 3.8) is 0 Å². The number of fused-ring (bicyclic) bond motifs is 1. The summed E-state index contributed by atoms with van der Waals surface area (Å²) < 4.78 is 23.1. The number of ether oxygens (including phenoxy) is 1. The Morgan fingerprint density at radius 1 is 1.19 bits per heavy atom. The van der Waals surface area contributed by atoms with Gasteiger partial charge >= 0.3 is 0 Å². The lowest BCUT2D eigenvalue weighted by Gasteiger charge is -2.29. The molecule has 4 aromatic heterocycles. The van der Waals surface area contributed by atoms with Gasteiger partial charge in [0, 0.05) is 36.1 Å². The second kappa shape index (κ2) is 9.64. The molecule has 0 saturated carbocycles. The molecule has 4 aromatic rings. The zero-order valence-electron chi connectivity index (χ0n) is 19.5. The Kier molecular flexibility index (Phi) is 6.23. The van der Waals surface area contributed by atoms with Crippen LogP contribution >= 0.6 is 0 Å². The van der Waals surface area contributed by atoms with E-state index in [4.69, 9.17) is 10.00 Å². The fourth-order valence-corrected chi connectivity index (χ4v) is 4.61. The summed E-state index contributed by atoms with van der Waals surface area (Å²) >= 11 is 0. The van der Waals surface area contributed by atoms with E-state index in [-0.39, 0.29) is 6.04 Å². The van der Waals surface area contributed by atoms with Gasteiger partial charge in [0.2, 0.25) is 0 Å². The molecule has 0 aliphatic carbocycles. The van der Waals surface area contributed by atoms with Crippen LogP contribution in [-0.2, 0) is 0 Å². The minimum Gasteiger partial charge on any atom is -0.479 e. The number of hydrogen-bond donors (Lipinski definition) is 1. The third kappa shape index (κ3) is 4.21. The van der Waals surface area contributed by atoms with Gasteiger partial charge in [-0.25, -0.2) is 8.91 Å². The van der Waals surface area contributed by atoms with E-state index >= 15 is 0 Å². The normalized spacial score (nSPS) is 15.0. The molecule has 1 atom stereocenters. The minimum absolute atomic E-state index is 0.195. The molecule has 1 aliphatic rings. The van der Waals surface area contributed by atoms with E-state index in [1.54, 1.807) is 27.9 Å². The molecule has 182 valence electrons. The highest BCUT2D eigenvalue weighted by molar-refractivity contribution is 5.76. The minimum atomic E-state index is -0.875. The quantitative estimate of drug-likeness (QED) is 0.412. The SMILES string of the molecule is Cc1c(-c2cc(OC(CO)c3ccc(F)cn3)c3c(C#N)cnn3c2)cnn1C1CCN(C#N)CC1. The first-order valence-corrected chi connectivity index (χ1v) is 11.5. The van der Waals surface area contributed by atoms with E-state index in [9.17, 15) is 14.8 Å². The predicted octanol–water partition coefficient (Wildman–Crippen LogP) is 3.14. The highest BCUT2D eigenvalue weighted by Crippen LogP contribution is 2.35. The van der Waals surface area contributed by atoms with Crippen LogP contribution in [-0.4, -0.2) is 54.1 Å². The molecule has 36 heavy (non-hydrogen) atoms. The van der Waals surface area contributed by atoms with Crippen LogP contribution in [0.4, 0.5) is 4.39 Å². The first-order valence-electron chi connectivity index (χ1n) is 11.5. The molecular formula is C25H23FN8O2. The average molecular weight is 487 g/mol. The van der Waals surface area contributed by atoms with Crippen LogP contribution in [0.2, 0.25) is 0 Å². The molecule has 0 aromatic carbocycles. The zero-order chi connectivity index (χ0) is 25.2. The van der Waals surface area contributed by atoms with Crippen molar-refractivity contribution in [1.82, 2.24) is 29.3 Å². The molecule has 11 heteroatoms. The lowest BCUT2D eigenvalue weighted by atomic mass is 10.0. The molecule has 0 amide bonds. The Hall–Kier alpha value is -4.48. The second-order valence-electron chi connectivity index (χ2n) is 8.65. The summed E-state index contributed by atoms with van der Waals surface area (Å²) in [6, 6.07) is 6.80. The lowest BCUT2D eigenvalue weighted by molar-refractivity contribution is 0.114. The molecule has 1 saturated heterocycles. The molecule has 1 aliphatic heterocycles. The van der Waals surface area contributed by atoms with Gasteiger partial charge in [-0.3, -0.25) is 9.67 Å². The van der Waals surface area contributed by atoms with E-state index in [0.29, 0.717) is 35.6 Å². The van der Waals surface area contributed by atoms with E-state index < -0.39 is 18.5 Å². The van der Waals surface area contributed by atoms with Crippen LogP contribution in [0.15, 0.2) is 43.0 Å². The van der Waals surface area contributed by atoms with Crippen molar-refractivity contribution in [2.75, 3.05) is 19.7 Å². The van der Waals surface area contributed by atoms with Gasteiger partial charge in [0.05, 0.1) is 36.9 Å². The number of aliphatic hydroxyl groups excluding tert-OH is 1. The molecule has 5 rings (SSSR count). The van der Waals surface area contributed by atoms with Crippen molar-refractivity contribution in [3.8, 4) is 29.1 Å². The Morgan fingerprint density at radius 3 is 2.67 bits per heavy atom. The molecule has 1 unspecified atom stereocenters. The third-order valence-corrected chi connectivity index (χ3v) is 6.52. The van der Waals surface area contributed by atoms with Crippen LogP contribution in [0.1, 0.15) is 41.9 Å². The van der Waals surface area contributed by atoms with E-state index in [0.717, 1.165) is 35.9 Å². The molecule has 1 fully saturated rings. The smallest absolute Gasteiger partial charge is 0.179 e. The average Bonchev–Trinajstić information content (AvgIpc) is 3.51. The van der Waals surface area contributed by atoms with Gasteiger partial charge in [-0.05, 0) is 38.0 Å². The summed E-state index contributed by atoms with van der Waals surface area (Å²) in [5.74, 6) is -0.158. The Balaban J connectivity index is 1.53. The number of halogens is 1. The summed E-state index contributed by atoms with van der Waals surface area (Å²) in [4.78, 5) is 5.79. The Bertz CT molecular complexity index is 1470. The van der Waals surface area contributed by atoms with E-state index in [2.05, 4.69) is 27.4 Å². The summed E-state index contributed by atoms with van der Waals surface area (Å²) in [5.41, 5.74) is 3.73. The van der Waals surface area contributed by atoms with E-state index in [1.807, 2.05) is 11.6 Å². The third-order valence-electron chi connectivity index (χ3n) is 6.52. The highest BCUT2D eigenvalue weighted by Gasteiger charge is 2.24. The van der Waals surface area contributed by atoms with Crippen molar-refractivity contribution in [1.29, 1.82) is 10.5 Å². The molecule has 0 radical (unpaired) electrons. The molecule has 0 bridgehead atoms. The fraction of sp³-hybridized carbons (Fsp3) is 0.320. The van der Waals surface area contributed by atoms with Gasteiger partial charge in [-0.15, -0.1) is 0 Å². The van der Waals surface area contributed by atoms with Crippen LogP contribution in [0, 0.1) is 35.5 Å². The first kappa shape index (κ1) is 23.3. The maximum atomic E-state index is 13.4. The lowest BCUT2D eigenvalue weighted by Crippen LogP contribution is -2.31. The number of rotatable bonds is 6. The number of likely N-dealkylation sites (tertiary alicyclic amines) is 1. The molecule has 1 N–H and O–H groups in total. The monoisotopic (exact) mass is 486 g/mol. The van der Waals surface area contributed by atoms with Crippen molar-refractivity contribution in [2.24, 2.45) is 0 Å². The van der Waals surface area contributed by atoms with Crippen molar-refractivity contribution >= 4 is 5.52 Å². The summed E-state index contributed by atoms with van der Waals surface area (Å²) in [7, 11) is 0. The predicted molar refractivity (Wildman–Crippen MR) is 126 cm³/mol. The largest absolute Gasteiger partial charge is 0.479 e. The van der Waals surface area contributed by atoms with Crippen LogP contribution < -0.4 is 4.74 Å². The topological polar surface area (TPSA) is 128 Å². The standard InChI is InChI=1S/C25H23FN8O2/c1-16-21(12-31-34(16)20-4-6-32(15-28)7-5-20)17-8-23(25-18(9-27)10-30-33(25)13-17)36-24(14-35)22-3-2-19(26)11-29-22/h2-3,8,10-13,20,24,35H,4-7,14H2,1H3. The number of aromatic nitrogens is 5. The number of hydrogen-bond acceptors (Lipinski definition) is 8. The van der Waals surface area contributed by atoms with Crippen LogP contribution in [0.25, 0.3) is 16.6 Å². The number of nitriles is 2. The Morgan fingerprint density at radius 2 is 2.00 bits per heavy atom. The zero-order valence-corrected chi connectivity index (χ0v) is 19.5. The van der Waals surface area contributed by atoms with Gasteiger partial charge in [0.25, 0.3) is 0 Å². The first-order chi connectivity index (χ1) is 17.5. The Labute approximate surface area is 206 Å². The van der Waals surface area contributed by atoms with Gasteiger partial charge in [-0.1, -0.05) is 0 Å². The fourth-order valence-electron chi connectivity index (χ4n) is 4.61. The number of pyridine rings is 2. The molecular weight excluding hydrogens is 463 g/mol. The maximum absolute atomic E-state index is 13.4. The summed E-state index contributed by atoms with van der Waals surface area (Å²) in [6.07, 6.45) is 9.10. The van der Waals surface area contributed by atoms with Crippen molar-refractivity contribution in [2.45, 2.75) is 31.9 Å².